The SMILES string of the molecule is CNCc1sc(CCc2ccccc2)nc1C(C)C. The molecule has 19 heavy (non-hydrogen) atoms. The Morgan fingerprint density at radius 2 is 1.89 bits per heavy atom. The normalized spacial score (nSPS) is 11.2. The van der Waals surface area contributed by atoms with Crippen LogP contribution < -0.4 is 5.32 Å². The molecule has 0 atom stereocenters. The molecule has 102 valence electrons. The van der Waals surface area contributed by atoms with Gasteiger partial charge >= 0.3 is 0 Å². The second-order valence-corrected chi connectivity index (χ2v) is 6.25. The molecular weight excluding hydrogens is 252 g/mol. The lowest BCUT2D eigenvalue weighted by atomic mass is 10.1. The minimum Gasteiger partial charge on any atom is -0.315 e. The van der Waals surface area contributed by atoms with E-state index in [0.29, 0.717) is 5.92 Å². The first kappa shape index (κ1) is 14.2. The maximum Gasteiger partial charge on any atom is 0.0935 e. The Hall–Kier alpha value is -1.19. The molecule has 1 aromatic carbocycles. The molecule has 0 amide bonds. The van der Waals surface area contributed by atoms with E-state index >= 15 is 0 Å². The predicted molar refractivity (Wildman–Crippen MR) is 82.8 cm³/mol. The molecule has 3 heteroatoms. The largest absolute Gasteiger partial charge is 0.315 e. The lowest BCUT2D eigenvalue weighted by Crippen LogP contribution is -2.06. The van der Waals surface area contributed by atoms with Gasteiger partial charge in [-0.2, -0.15) is 0 Å². The molecule has 0 aliphatic rings. The average molecular weight is 274 g/mol. The molecule has 0 aliphatic heterocycles. The summed E-state index contributed by atoms with van der Waals surface area (Å²) in [6.45, 7) is 5.36. The predicted octanol–water partition coefficient (Wildman–Crippen LogP) is 3.77. The minimum absolute atomic E-state index is 0.505. The van der Waals surface area contributed by atoms with Gasteiger partial charge in [-0.1, -0.05) is 44.2 Å². The molecule has 1 heterocycles. The van der Waals surface area contributed by atoms with Gasteiger partial charge in [0.1, 0.15) is 0 Å². The van der Waals surface area contributed by atoms with Gasteiger partial charge in [0.15, 0.2) is 0 Å². The van der Waals surface area contributed by atoms with Crippen LogP contribution in [0.2, 0.25) is 0 Å². The van der Waals surface area contributed by atoms with Gasteiger partial charge in [-0.15, -0.1) is 11.3 Å². The number of benzene rings is 1. The van der Waals surface area contributed by atoms with Crippen LogP contribution in [0.4, 0.5) is 0 Å². The molecule has 2 rings (SSSR count). The van der Waals surface area contributed by atoms with E-state index in [4.69, 9.17) is 4.98 Å². The summed E-state index contributed by atoms with van der Waals surface area (Å²) in [4.78, 5) is 6.21. The minimum atomic E-state index is 0.505. The number of hydrogen-bond donors (Lipinski definition) is 1. The van der Waals surface area contributed by atoms with Crippen LogP contribution in [0.15, 0.2) is 30.3 Å². The van der Waals surface area contributed by atoms with Crippen molar-refractivity contribution in [2.75, 3.05) is 7.05 Å². The number of nitrogens with one attached hydrogen (secondary N) is 1. The average Bonchev–Trinajstić information content (AvgIpc) is 2.81. The molecule has 2 aromatic rings. The number of hydrogen-bond acceptors (Lipinski definition) is 3. The molecule has 0 spiro atoms. The van der Waals surface area contributed by atoms with Gasteiger partial charge in [0.2, 0.25) is 0 Å². The van der Waals surface area contributed by atoms with Crippen molar-refractivity contribution in [1.82, 2.24) is 10.3 Å². The van der Waals surface area contributed by atoms with Gasteiger partial charge in [-0.05, 0) is 24.9 Å². The second kappa shape index (κ2) is 6.83. The van der Waals surface area contributed by atoms with Gasteiger partial charge in [-0.3, -0.25) is 0 Å². The van der Waals surface area contributed by atoms with Crippen molar-refractivity contribution >= 4 is 11.3 Å². The third kappa shape index (κ3) is 3.88. The Balaban J connectivity index is 2.06. The molecule has 0 unspecified atom stereocenters. The maximum absolute atomic E-state index is 4.82. The second-order valence-electron chi connectivity index (χ2n) is 5.09. The van der Waals surface area contributed by atoms with Crippen molar-refractivity contribution in [2.45, 2.75) is 39.2 Å². The number of aromatic nitrogens is 1. The summed E-state index contributed by atoms with van der Waals surface area (Å²) in [5, 5.41) is 4.50. The summed E-state index contributed by atoms with van der Waals surface area (Å²) in [5.41, 5.74) is 2.65. The topological polar surface area (TPSA) is 24.9 Å². The van der Waals surface area contributed by atoms with Crippen molar-refractivity contribution in [3.63, 3.8) is 0 Å². The molecule has 0 radical (unpaired) electrons. The quantitative estimate of drug-likeness (QED) is 0.867. The van der Waals surface area contributed by atoms with E-state index in [1.54, 1.807) is 0 Å². The van der Waals surface area contributed by atoms with Gasteiger partial charge in [0.25, 0.3) is 0 Å². The molecule has 0 aliphatic carbocycles. The summed E-state index contributed by atoms with van der Waals surface area (Å²) < 4.78 is 0. The van der Waals surface area contributed by atoms with Crippen molar-refractivity contribution in [3.8, 4) is 0 Å². The van der Waals surface area contributed by atoms with Gasteiger partial charge < -0.3 is 5.32 Å². The van der Waals surface area contributed by atoms with E-state index in [-0.39, 0.29) is 0 Å². The van der Waals surface area contributed by atoms with E-state index < -0.39 is 0 Å². The van der Waals surface area contributed by atoms with E-state index in [1.165, 1.54) is 21.1 Å². The first-order chi connectivity index (χ1) is 9.20. The highest BCUT2D eigenvalue weighted by molar-refractivity contribution is 7.11. The molecular formula is C16H22N2S. The van der Waals surface area contributed by atoms with E-state index in [9.17, 15) is 0 Å². The van der Waals surface area contributed by atoms with Crippen LogP contribution in [-0.4, -0.2) is 12.0 Å². The van der Waals surface area contributed by atoms with Crippen LogP contribution in [-0.2, 0) is 19.4 Å². The number of thiazole rings is 1. The number of rotatable bonds is 6. The Labute approximate surface area is 119 Å². The van der Waals surface area contributed by atoms with Gasteiger partial charge in [0.05, 0.1) is 10.7 Å². The fourth-order valence-corrected chi connectivity index (χ4v) is 3.39. The highest BCUT2D eigenvalue weighted by Gasteiger charge is 2.13. The zero-order valence-electron chi connectivity index (χ0n) is 11.9. The molecule has 0 saturated heterocycles. The molecule has 1 N–H and O–H groups in total. The molecule has 2 nitrogen and oxygen atoms in total. The van der Waals surface area contributed by atoms with E-state index in [2.05, 4.69) is 49.5 Å². The highest BCUT2D eigenvalue weighted by Crippen LogP contribution is 2.26. The Bertz CT molecular complexity index is 503. The Kier molecular flexibility index (Phi) is 5.11. The van der Waals surface area contributed by atoms with Crippen molar-refractivity contribution < 1.29 is 0 Å². The number of nitrogens with zero attached hydrogens (tertiary/aromatic N) is 1. The zero-order chi connectivity index (χ0) is 13.7. The van der Waals surface area contributed by atoms with Crippen LogP contribution in [0, 0.1) is 0 Å². The van der Waals surface area contributed by atoms with Crippen molar-refractivity contribution in [3.05, 3.63) is 51.5 Å². The van der Waals surface area contributed by atoms with Crippen LogP contribution in [0.3, 0.4) is 0 Å². The number of aryl methyl sites for hydroxylation is 2. The highest BCUT2D eigenvalue weighted by atomic mass is 32.1. The lowest BCUT2D eigenvalue weighted by molar-refractivity contribution is 0.765. The van der Waals surface area contributed by atoms with Crippen LogP contribution in [0.25, 0.3) is 0 Å². The third-order valence-corrected chi connectivity index (χ3v) is 4.26. The van der Waals surface area contributed by atoms with Crippen molar-refractivity contribution in [2.24, 2.45) is 0 Å². The standard InChI is InChI=1S/C16H22N2S/c1-12(2)16-14(11-17-3)19-15(18-16)10-9-13-7-5-4-6-8-13/h4-8,12,17H,9-11H2,1-3H3. The molecule has 1 aromatic heterocycles. The van der Waals surface area contributed by atoms with Gasteiger partial charge in [0, 0.05) is 17.8 Å². The van der Waals surface area contributed by atoms with Crippen LogP contribution in [0.1, 0.15) is 40.9 Å². The summed E-state index contributed by atoms with van der Waals surface area (Å²) >= 11 is 1.86. The summed E-state index contributed by atoms with van der Waals surface area (Å²) in [6.07, 6.45) is 2.11. The zero-order valence-corrected chi connectivity index (χ0v) is 12.8. The fourth-order valence-electron chi connectivity index (χ4n) is 2.16. The first-order valence-electron chi connectivity index (χ1n) is 6.87. The third-order valence-electron chi connectivity index (χ3n) is 3.13. The summed E-state index contributed by atoms with van der Waals surface area (Å²) in [7, 11) is 1.99. The lowest BCUT2D eigenvalue weighted by Gasteiger charge is -2.03. The van der Waals surface area contributed by atoms with E-state index in [0.717, 1.165) is 19.4 Å². The maximum atomic E-state index is 4.82. The van der Waals surface area contributed by atoms with Crippen LogP contribution >= 0.6 is 11.3 Å². The molecule has 0 fully saturated rings. The van der Waals surface area contributed by atoms with E-state index in [1.807, 2.05) is 18.4 Å². The van der Waals surface area contributed by atoms with Crippen molar-refractivity contribution in [1.29, 1.82) is 0 Å². The molecule has 0 bridgehead atoms. The summed E-state index contributed by atoms with van der Waals surface area (Å²) in [5.74, 6) is 0.505. The molecule has 0 saturated carbocycles. The first-order valence-corrected chi connectivity index (χ1v) is 7.69. The smallest absolute Gasteiger partial charge is 0.0935 e. The summed E-state index contributed by atoms with van der Waals surface area (Å²) in [6, 6.07) is 10.6. The van der Waals surface area contributed by atoms with Crippen LogP contribution in [0.5, 0.6) is 0 Å². The fraction of sp³-hybridized carbons (Fsp3) is 0.438. The Morgan fingerprint density at radius 1 is 1.16 bits per heavy atom. The monoisotopic (exact) mass is 274 g/mol. The van der Waals surface area contributed by atoms with Gasteiger partial charge in [-0.25, -0.2) is 4.98 Å². The Morgan fingerprint density at radius 3 is 2.53 bits per heavy atom.